The van der Waals surface area contributed by atoms with Gasteiger partial charge in [-0.1, -0.05) is 6.92 Å². The number of hydrogen-bond donors (Lipinski definition) is 1. The van der Waals surface area contributed by atoms with E-state index in [-0.39, 0.29) is 0 Å². The maximum Gasteiger partial charge on any atom is 0.410 e. The Hall–Kier alpha value is -0.910. The molecule has 0 saturated heterocycles. The van der Waals surface area contributed by atoms with Crippen molar-refractivity contribution in [2.75, 3.05) is 18.6 Å². The minimum absolute atomic E-state index is 0.488. The zero-order chi connectivity index (χ0) is 13.6. The zero-order valence-corrected chi connectivity index (χ0v) is 12.0. The predicted molar refractivity (Wildman–Crippen MR) is 70.0 cm³/mol. The van der Waals surface area contributed by atoms with Crippen LogP contribution in [0.5, 0.6) is 0 Å². The summed E-state index contributed by atoms with van der Waals surface area (Å²) in [5, 5.41) is 0. The Morgan fingerprint density at radius 3 is 2.29 bits per heavy atom. The Morgan fingerprint density at radius 1 is 1.41 bits per heavy atom. The lowest BCUT2D eigenvalue weighted by Gasteiger charge is -2.28. The molecule has 0 saturated carbocycles. The molecule has 2 N–H and O–H groups in total. The van der Waals surface area contributed by atoms with Gasteiger partial charge in [0.1, 0.15) is 11.6 Å². The minimum Gasteiger partial charge on any atom is -0.444 e. The van der Waals surface area contributed by atoms with E-state index in [1.807, 2.05) is 6.92 Å². The quantitative estimate of drug-likeness (QED) is 0.814. The highest BCUT2D eigenvalue weighted by Crippen LogP contribution is 2.13. The highest BCUT2D eigenvalue weighted by Gasteiger charge is 2.28. The van der Waals surface area contributed by atoms with Crippen LogP contribution in [0.15, 0.2) is 0 Å². The van der Waals surface area contributed by atoms with E-state index in [1.165, 1.54) is 11.9 Å². The molecule has 0 aliphatic heterocycles. The molecule has 0 heterocycles. The topological polar surface area (TPSA) is 72.6 Å². The molecular weight excluding hydrogens is 240 g/mol. The second-order valence-electron chi connectivity index (χ2n) is 4.67. The smallest absolute Gasteiger partial charge is 0.410 e. The molecule has 0 aliphatic carbocycles. The Bertz CT molecular complexity index is 276. The molecule has 0 aromatic rings. The summed E-state index contributed by atoms with van der Waals surface area (Å²) in [6, 6.07) is -0.630. The molecular formula is C11H22N2O3S. The van der Waals surface area contributed by atoms with E-state index in [1.54, 1.807) is 32.5 Å². The maximum atomic E-state index is 11.8. The minimum atomic E-state index is -0.630. The Morgan fingerprint density at radius 2 is 1.94 bits per heavy atom. The van der Waals surface area contributed by atoms with Gasteiger partial charge in [0.15, 0.2) is 0 Å². The average Bonchev–Trinajstić information content (AvgIpc) is 2.14. The van der Waals surface area contributed by atoms with Crippen molar-refractivity contribution in [1.29, 1.82) is 0 Å². The maximum absolute atomic E-state index is 11.8. The molecule has 0 aromatic heterocycles. The fourth-order valence-corrected chi connectivity index (χ4v) is 1.92. The first-order valence-corrected chi connectivity index (χ1v) is 6.67. The van der Waals surface area contributed by atoms with Gasteiger partial charge in [0.25, 0.3) is 0 Å². The lowest BCUT2D eigenvalue weighted by atomic mass is 10.2. The number of primary amides is 1. The van der Waals surface area contributed by atoms with Crippen molar-refractivity contribution < 1.29 is 14.3 Å². The van der Waals surface area contributed by atoms with Gasteiger partial charge in [-0.05, 0) is 26.5 Å². The number of carbonyl (C=O) groups is 2. The van der Waals surface area contributed by atoms with Crippen molar-refractivity contribution in [2.45, 2.75) is 39.3 Å². The summed E-state index contributed by atoms with van der Waals surface area (Å²) in [5.41, 5.74) is 4.70. The van der Waals surface area contributed by atoms with Gasteiger partial charge in [-0.3, -0.25) is 9.69 Å². The van der Waals surface area contributed by atoms with Crippen LogP contribution in [0, 0.1) is 0 Å². The number of amides is 2. The molecule has 1 atom stereocenters. The van der Waals surface area contributed by atoms with Gasteiger partial charge in [0.05, 0.1) is 0 Å². The Labute approximate surface area is 107 Å². The first kappa shape index (κ1) is 16.1. The first-order chi connectivity index (χ1) is 7.69. The van der Waals surface area contributed by atoms with Crippen molar-refractivity contribution in [3.63, 3.8) is 0 Å². The van der Waals surface area contributed by atoms with E-state index in [2.05, 4.69) is 0 Å². The second kappa shape index (κ2) is 6.74. The van der Waals surface area contributed by atoms with Gasteiger partial charge in [0.2, 0.25) is 5.91 Å². The molecule has 0 radical (unpaired) electrons. The summed E-state index contributed by atoms with van der Waals surface area (Å²) < 4.78 is 5.18. The van der Waals surface area contributed by atoms with Crippen molar-refractivity contribution >= 4 is 23.8 Å². The van der Waals surface area contributed by atoms with Gasteiger partial charge >= 0.3 is 6.09 Å². The lowest BCUT2D eigenvalue weighted by Crippen LogP contribution is -2.48. The van der Waals surface area contributed by atoms with Crippen molar-refractivity contribution in [3.8, 4) is 0 Å². The third-order valence-electron chi connectivity index (χ3n) is 1.96. The molecule has 0 aliphatic rings. The van der Waals surface area contributed by atoms with Crippen LogP contribution in [0.2, 0.25) is 0 Å². The second-order valence-corrected chi connectivity index (χ2v) is 5.99. The van der Waals surface area contributed by atoms with Crippen molar-refractivity contribution in [1.82, 2.24) is 4.90 Å². The summed E-state index contributed by atoms with van der Waals surface area (Å²) in [6.07, 6.45) is -0.530. The highest BCUT2D eigenvalue weighted by molar-refractivity contribution is 7.99. The average molecular weight is 262 g/mol. The van der Waals surface area contributed by atoms with Crippen LogP contribution in [-0.4, -0.2) is 47.1 Å². The molecule has 0 aromatic carbocycles. The highest BCUT2D eigenvalue weighted by atomic mass is 32.2. The molecule has 17 heavy (non-hydrogen) atoms. The standard InChI is InChI=1S/C11H22N2O3S/c1-6-17-7-8(9(12)14)13(5)10(15)16-11(2,3)4/h8H,6-7H2,1-5H3,(H2,12,14)/t8-/m0/s1. The van der Waals surface area contributed by atoms with Crippen LogP contribution in [0.25, 0.3) is 0 Å². The van der Waals surface area contributed by atoms with Crippen LogP contribution >= 0.6 is 11.8 Å². The lowest BCUT2D eigenvalue weighted by molar-refractivity contribution is -0.122. The van der Waals surface area contributed by atoms with Gasteiger partial charge in [-0.2, -0.15) is 11.8 Å². The van der Waals surface area contributed by atoms with Crippen molar-refractivity contribution in [2.24, 2.45) is 5.73 Å². The van der Waals surface area contributed by atoms with E-state index >= 15 is 0 Å². The largest absolute Gasteiger partial charge is 0.444 e. The number of likely N-dealkylation sites (N-methyl/N-ethyl adjacent to an activating group) is 1. The number of thioether (sulfide) groups is 1. The third-order valence-corrected chi connectivity index (χ3v) is 2.92. The number of rotatable bonds is 5. The number of ether oxygens (including phenoxy) is 1. The van der Waals surface area contributed by atoms with Gasteiger partial charge < -0.3 is 10.5 Å². The third kappa shape index (κ3) is 6.41. The van der Waals surface area contributed by atoms with E-state index in [0.717, 1.165) is 5.75 Å². The molecule has 0 spiro atoms. The summed E-state index contributed by atoms with van der Waals surface area (Å²) in [5.74, 6) is 0.840. The molecule has 2 amide bonds. The molecule has 0 bridgehead atoms. The van der Waals surface area contributed by atoms with E-state index in [9.17, 15) is 9.59 Å². The van der Waals surface area contributed by atoms with Gasteiger partial charge in [0, 0.05) is 12.8 Å². The number of hydrogen-bond acceptors (Lipinski definition) is 4. The summed E-state index contributed by atoms with van der Waals surface area (Å²) in [6.45, 7) is 7.31. The molecule has 5 nitrogen and oxygen atoms in total. The van der Waals surface area contributed by atoms with Gasteiger partial charge in [-0.15, -0.1) is 0 Å². The Balaban J connectivity index is 4.55. The van der Waals surface area contributed by atoms with Crippen LogP contribution in [0.3, 0.4) is 0 Å². The van der Waals surface area contributed by atoms with Crippen LogP contribution in [-0.2, 0) is 9.53 Å². The van der Waals surface area contributed by atoms with Crippen LogP contribution in [0.4, 0.5) is 4.79 Å². The van der Waals surface area contributed by atoms with Gasteiger partial charge in [-0.25, -0.2) is 4.79 Å². The van der Waals surface area contributed by atoms with Crippen molar-refractivity contribution in [3.05, 3.63) is 0 Å². The molecule has 6 heteroatoms. The monoisotopic (exact) mass is 262 g/mol. The summed E-state index contributed by atoms with van der Waals surface area (Å²) in [4.78, 5) is 24.3. The first-order valence-electron chi connectivity index (χ1n) is 5.52. The molecule has 0 fully saturated rings. The Kier molecular flexibility index (Phi) is 6.37. The fourth-order valence-electron chi connectivity index (χ4n) is 1.08. The molecule has 0 unspecified atom stereocenters. The SMILES string of the molecule is CCSC[C@@H](C(N)=O)N(C)C(=O)OC(C)(C)C. The predicted octanol–water partition coefficient (Wildman–Crippen LogP) is 1.46. The summed E-state index contributed by atoms with van der Waals surface area (Å²) in [7, 11) is 1.53. The fraction of sp³-hybridized carbons (Fsp3) is 0.818. The number of nitrogens with two attached hydrogens (primary N) is 1. The van der Waals surface area contributed by atoms with Crippen LogP contribution < -0.4 is 5.73 Å². The van der Waals surface area contributed by atoms with E-state index in [4.69, 9.17) is 10.5 Å². The van der Waals surface area contributed by atoms with E-state index in [0.29, 0.717) is 5.75 Å². The number of nitrogens with zero attached hydrogens (tertiary/aromatic N) is 1. The molecule has 100 valence electrons. The molecule has 0 rings (SSSR count). The normalized spacial score (nSPS) is 13.0. The van der Waals surface area contributed by atoms with Crippen LogP contribution in [0.1, 0.15) is 27.7 Å². The zero-order valence-electron chi connectivity index (χ0n) is 11.1. The summed E-state index contributed by atoms with van der Waals surface area (Å²) >= 11 is 1.56. The number of carbonyl (C=O) groups excluding carboxylic acids is 2. The van der Waals surface area contributed by atoms with E-state index < -0.39 is 23.6 Å².